The Morgan fingerprint density at radius 2 is 1.98 bits per heavy atom. The van der Waals surface area contributed by atoms with E-state index in [1.54, 1.807) is 36.4 Å². The Hall–Kier alpha value is -4.48. The Morgan fingerprint density at radius 1 is 1.15 bits per heavy atom. The van der Waals surface area contributed by atoms with E-state index in [0.29, 0.717) is 46.2 Å². The quantitative estimate of drug-likeness (QED) is 0.256. The Balaban J connectivity index is 1.26. The first-order valence-corrected chi connectivity index (χ1v) is 13.7. The Morgan fingerprint density at radius 3 is 2.77 bits per heavy atom. The number of pyridine rings is 1. The van der Waals surface area contributed by atoms with E-state index in [9.17, 15) is 9.59 Å². The number of carbonyl (C=O) groups is 2. The summed E-state index contributed by atoms with van der Waals surface area (Å²) in [7, 11) is 1.79. The van der Waals surface area contributed by atoms with Gasteiger partial charge in [-0.05, 0) is 37.0 Å². The van der Waals surface area contributed by atoms with Crippen molar-refractivity contribution in [2.75, 3.05) is 17.2 Å². The maximum atomic E-state index is 12.9. The van der Waals surface area contributed by atoms with Crippen LogP contribution in [0.25, 0.3) is 11.0 Å². The van der Waals surface area contributed by atoms with Crippen LogP contribution >= 0.6 is 0 Å². The van der Waals surface area contributed by atoms with Gasteiger partial charge in [-0.15, -0.1) is 0 Å². The van der Waals surface area contributed by atoms with Crippen molar-refractivity contribution in [1.82, 2.24) is 35.4 Å². The van der Waals surface area contributed by atoms with Gasteiger partial charge in [-0.1, -0.05) is 32.1 Å². The second kappa shape index (κ2) is 12.1. The molecule has 0 aromatic carbocycles. The van der Waals surface area contributed by atoms with Crippen LogP contribution < -0.4 is 21.3 Å². The Kier molecular flexibility index (Phi) is 8.23. The molecule has 0 saturated heterocycles. The summed E-state index contributed by atoms with van der Waals surface area (Å²) < 4.78 is 1.65. The minimum Gasteiger partial charge on any atom is -0.481 e. The largest absolute Gasteiger partial charge is 0.481 e. The van der Waals surface area contributed by atoms with Gasteiger partial charge in [0, 0.05) is 37.9 Å². The van der Waals surface area contributed by atoms with E-state index < -0.39 is 5.97 Å². The van der Waals surface area contributed by atoms with Gasteiger partial charge in [-0.2, -0.15) is 10.1 Å². The van der Waals surface area contributed by atoms with Gasteiger partial charge in [-0.3, -0.25) is 14.6 Å². The average Bonchev–Trinajstić information content (AvgIpc) is 3.24. The molecule has 1 aliphatic carbocycles. The maximum Gasteiger partial charge on any atom is 0.307 e. The van der Waals surface area contributed by atoms with Gasteiger partial charge in [0.1, 0.15) is 0 Å². The molecule has 12 heteroatoms. The maximum absolute atomic E-state index is 12.9. The van der Waals surface area contributed by atoms with Crippen LogP contribution in [0.3, 0.4) is 0 Å². The van der Waals surface area contributed by atoms with Crippen LogP contribution in [0.2, 0.25) is 0 Å². The minimum absolute atomic E-state index is 0.0525. The number of nitrogens with zero attached hydrogens (tertiary/aromatic N) is 5. The molecule has 5 N–H and O–H groups in total. The summed E-state index contributed by atoms with van der Waals surface area (Å²) in [6.45, 7) is 2.69. The first-order chi connectivity index (χ1) is 19.4. The molecule has 0 radical (unpaired) electrons. The topological polar surface area (TPSA) is 159 Å². The number of carbonyl (C=O) groups excluding carboxylic acids is 1. The van der Waals surface area contributed by atoms with Crippen molar-refractivity contribution < 1.29 is 14.7 Å². The molecule has 40 heavy (non-hydrogen) atoms. The molecule has 1 unspecified atom stereocenters. The highest BCUT2D eigenvalue weighted by molar-refractivity contribution is 5.97. The lowest BCUT2D eigenvalue weighted by Gasteiger charge is -2.23. The van der Waals surface area contributed by atoms with Crippen LogP contribution in [-0.2, 0) is 23.1 Å². The summed E-state index contributed by atoms with van der Waals surface area (Å²) >= 11 is 0. The molecule has 5 rings (SSSR count). The van der Waals surface area contributed by atoms with Crippen LogP contribution in [0.15, 0.2) is 48.2 Å². The van der Waals surface area contributed by atoms with Crippen molar-refractivity contribution in [3.05, 3.63) is 53.8 Å². The molecule has 1 aliphatic heterocycles. The Labute approximate surface area is 232 Å². The van der Waals surface area contributed by atoms with Crippen LogP contribution in [0.4, 0.5) is 17.5 Å². The predicted molar refractivity (Wildman–Crippen MR) is 152 cm³/mol. The highest BCUT2D eigenvalue weighted by atomic mass is 16.4. The van der Waals surface area contributed by atoms with Crippen molar-refractivity contribution >= 4 is 40.4 Å². The zero-order valence-corrected chi connectivity index (χ0v) is 22.8. The smallest absolute Gasteiger partial charge is 0.307 e. The monoisotopic (exact) mass is 545 g/mol. The summed E-state index contributed by atoms with van der Waals surface area (Å²) in [6.07, 6.45) is 15.7. The summed E-state index contributed by atoms with van der Waals surface area (Å²) in [4.78, 5) is 37.0. The summed E-state index contributed by atoms with van der Waals surface area (Å²) in [6, 6.07) is 1.65. The number of aryl methyl sites for hydroxylation is 1. The number of aromatic nitrogens is 5. The van der Waals surface area contributed by atoms with E-state index in [2.05, 4.69) is 41.3 Å². The molecule has 210 valence electrons. The SMILES string of the molecule is CC1NC=C(C(=O)NCCC2CCCCC2)C=C1Nc1nn(C)c2nc(Nc3cncc(CC(=O)O)c3)ncc12. The standard InChI is InChI=1S/C28H35N9O3/c1-17-23(12-20(14-31-17)27(40)30-9-8-18-6-4-3-5-7-18)34-25-22-16-32-28(35-26(22)37(2)36-25)33-21-10-19(11-24(38)39)13-29-15-21/h10,12-18,31H,3-9,11H2,1-2H3,(H,30,40)(H,34,36)(H,38,39)(H,32,33,35). The summed E-state index contributed by atoms with van der Waals surface area (Å²) in [5.41, 5.74) is 3.12. The molecule has 1 amide bonds. The molecule has 1 fully saturated rings. The van der Waals surface area contributed by atoms with Crippen molar-refractivity contribution in [2.24, 2.45) is 13.0 Å². The van der Waals surface area contributed by atoms with Gasteiger partial charge >= 0.3 is 5.97 Å². The third-order valence-corrected chi connectivity index (χ3v) is 7.34. The van der Waals surface area contributed by atoms with Crippen LogP contribution in [-0.4, -0.2) is 54.3 Å². The second-order valence-electron chi connectivity index (χ2n) is 10.4. The minimum atomic E-state index is -0.929. The number of carboxylic acids is 1. The molecule has 0 bridgehead atoms. The van der Waals surface area contributed by atoms with Gasteiger partial charge in [0.15, 0.2) is 11.5 Å². The normalized spacial score (nSPS) is 17.5. The number of amides is 1. The van der Waals surface area contributed by atoms with E-state index in [-0.39, 0.29) is 18.4 Å². The highest BCUT2D eigenvalue weighted by Crippen LogP contribution is 2.27. The lowest BCUT2D eigenvalue weighted by atomic mass is 9.87. The van der Waals surface area contributed by atoms with Crippen LogP contribution in [0.1, 0.15) is 51.0 Å². The molecular weight excluding hydrogens is 510 g/mol. The van der Waals surface area contributed by atoms with E-state index >= 15 is 0 Å². The number of fused-ring (bicyclic) bond motifs is 1. The number of hydrogen-bond donors (Lipinski definition) is 5. The van der Waals surface area contributed by atoms with Crippen LogP contribution in [0.5, 0.6) is 0 Å². The summed E-state index contributed by atoms with van der Waals surface area (Å²) in [5, 5.41) is 27.1. The van der Waals surface area contributed by atoms with Gasteiger partial charge in [0.05, 0.1) is 35.3 Å². The van der Waals surface area contributed by atoms with E-state index in [1.807, 2.05) is 13.0 Å². The van der Waals surface area contributed by atoms with E-state index in [4.69, 9.17) is 5.11 Å². The zero-order valence-electron chi connectivity index (χ0n) is 22.8. The molecule has 3 aromatic rings. The molecule has 0 spiro atoms. The predicted octanol–water partition coefficient (Wildman–Crippen LogP) is 3.39. The van der Waals surface area contributed by atoms with E-state index in [0.717, 1.165) is 18.0 Å². The number of hydrogen-bond acceptors (Lipinski definition) is 9. The van der Waals surface area contributed by atoms with Crippen LogP contribution in [0, 0.1) is 5.92 Å². The number of dihydropyridines is 1. The molecule has 2 aliphatic rings. The molecule has 4 heterocycles. The van der Waals surface area contributed by atoms with E-state index in [1.165, 1.54) is 38.3 Å². The fraction of sp³-hybridized carbons (Fsp3) is 0.429. The first-order valence-electron chi connectivity index (χ1n) is 13.7. The number of carboxylic acid groups (broad SMARTS) is 1. The number of rotatable bonds is 10. The number of aliphatic carboxylic acids is 1. The van der Waals surface area contributed by atoms with Crippen molar-refractivity contribution in [3.8, 4) is 0 Å². The average molecular weight is 546 g/mol. The number of nitrogens with one attached hydrogen (secondary N) is 4. The van der Waals surface area contributed by atoms with Gasteiger partial charge in [0.25, 0.3) is 5.91 Å². The third kappa shape index (κ3) is 6.56. The fourth-order valence-electron chi connectivity index (χ4n) is 5.17. The highest BCUT2D eigenvalue weighted by Gasteiger charge is 2.21. The van der Waals surface area contributed by atoms with Gasteiger partial charge in [0.2, 0.25) is 5.95 Å². The molecule has 12 nitrogen and oxygen atoms in total. The molecule has 1 atom stereocenters. The van der Waals surface area contributed by atoms with Crippen molar-refractivity contribution in [1.29, 1.82) is 0 Å². The first kappa shape index (κ1) is 27.1. The van der Waals surface area contributed by atoms with Crippen molar-refractivity contribution in [2.45, 2.75) is 57.9 Å². The van der Waals surface area contributed by atoms with Gasteiger partial charge in [-0.25, -0.2) is 9.67 Å². The number of anilines is 3. The lowest BCUT2D eigenvalue weighted by molar-refractivity contribution is -0.136. The van der Waals surface area contributed by atoms with Crippen molar-refractivity contribution in [3.63, 3.8) is 0 Å². The summed E-state index contributed by atoms with van der Waals surface area (Å²) in [5.74, 6) is 0.601. The fourth-order valence-corrected chi connectivity index (χ4v) is 5.17. The Bertz CT molecular complexity index is 1460. The molecular formula is C28H35N9O3. The van der Waals surface area contributed by atoms with Gasteiger partial charge < -0.3 is 26.4 Å². The third-order valence-electron chi connectivity index (χ3n) is 7.34. The molecule has 1 saturated carbocycles. The molecule has 3 aromatic heterocycles. The zero-order chi connectivity index (χ0) is 28.1. The lowest BCUT2D eigenvalue weighted by Crippen LogP contribution is -2.34. The second-order valence-corrected chi connectivity index (χ2v) is 10.4.